The van der Waals surface area contributed by atoms with Gasteiger partial charge in [-0.05, 0) is 24.0 Å². The van der Waals surface area contributed by atoms with E-state index in [1.54, 1.807) is 0 Å². The van der Waals surface area contributed by atoms with E-state index in [-0.39, 0.29) is 24.3 Å². The van der Waals surface area contributed by atoms with Crippen LogP contribution in [0.1, 0.15) is 25.8 Å². The Hall–Kier alpha value is -2.04. The van der Waals surface area contributed by atoms with E-state index in [0.29, 0.717) is 12.8 Å². The van der Waals surface area contributed by atoms with Crippen molar-refractivity contribution >= 4 is 11.9 Å². The molecule has 5 nitrogen and oxygen atoms in total. The molecule has 0 bridgehead atoms. The summed E-state index contributed by atoms with van der Waals surface area (Å²) in [6.07, 6.45) is 1.27. The second-order valence-electron chi connectivity index (χ2n) is 5.53. The standard InChI is InChI=1S/C16H21NO4/c1-3-10(2)14(16(19)20)17-15(18)12-8-11-6-4-5-7-13(11)21-9-12/h4-7,10,12,14H,3,8-9H2,1-2H3,(H,17,18)(H,19,20). The molecular weight excluding hydrogens is 270 g/mol. The first-order valence-corrected chi connectivity index (χ1v) is 7.26. The molecule has 0 spiro atoms. The van der Waals surface area contributed by atoms with Gasteiger partial charge in [0.05, 0.1) is 5.92 Å². The molecule has 2 rings (SSSR count). The van der Waals surface area contributed by atoms with Crippen LogP contribution in [0.4, 0.5) is 0 Å². The Morgan fingerprint density at radius 1 is 1.43 bits per heavy atom. The Balaban J connectivity index is 2.03. The molecule has 0 radical (unpaired) electrons. The quantitative estimate of drug-likeness (QED) is 0.868. The second kappa shape index (κ2) is 6.61. The normalized spacial score (nSPS) is 19.8. The predicted molar refractivity (Wildman–Crippen MR) is 78.2 cm³/mol. The van der Waals surface area contributed by atoms with Crippen LogP contribution in [0.15, 0.2) is 24.3 Å². The first kappa shape index (κ1) is 15.4. The SMILES string of the molecule is CCC(C)C(NC(=O)C1COc2ccccc2C1)C(=O)O. The fourth-order valence-electron chi connectivity index (χ4n) is 2.45. The Labute approximate surface area is 124 Å². The van der Waals surface area contributed by atoms with Crippen molar-refractivity contribution in [2.75, 3.05) is 6.61 Å². The maximum Gasteiger partial charge on any atom is 0.326 e. The third kappa shape index (κ3) is 3.54. The number of nitrogens with one attached hydrogen (secondary N) is 1. The van der Waals surface area contributed by atoms with Crippen molar-refractivity contribution in [3.05, 3.63) is 29.8 Å². The molecule has 3 unspecified atom stereocenters. The van der Waals surface area contributed by atoms with Crippen LogP contribution in [0.5, 0.6) is 5.75 Å². The van der Waals surface area contributed by atoms with Crippen LogP contribution in [-0.2, 0) is 16.0 Å². The van der Waals surface area contributed by atoms with Crippen LogP contribution < -0.4 is 10.1 Å². The van der Waals surface area contributed by atoms with Crippen LogP contribution >= 0.6 is 0 Å². The number of para-hydroxylation sites is 1. The zero-order valence-corrected chi connectivity index (χ0v) is 12.3. The van der Waals surface area contributed by atoms with Crippen molar-refractivity contribution in [2.45, 2.75) is 32.7 Å². The Morgan fingerprint density at radius 3 is 2.81 bits per heavy atom. The highest BCUT2D eigenvalue weighted by atomic mass is 16.5. The summed E-state index contributed by atoms with van der Waals surface area (Å²) in [5.74, 6) is -0.889. The van der Waals surface area contributed by atoms with Gasteiger partial charge in [0.25, 0.3) is 0 Å². The summed E-state index contributed by atoms with van der Waals surface area (Å²) >= 11 is 0. The lowest BCUT2D eigenvalue weighted by atomic mass is 9.94. The van der Waals surface area contributed by atoms with E-state index in [0.717, 1.165) is 11.3 Å². The molecule has 0 saturated carbocycles. The summed E-state index contributed by atoms with van der Waals surface area (Å²) < 4.78 is 5.58. The molecule has 0 aromatic heterocycles. The molecule has 1 heterocycles. The maximum atomic E-state index is 12.3. The van der Waals surface area contributed by atoms with E-state index in [4.69, 9.17) is 4.74 Å². The largest absolute Gasteiger partial charge is 0.492 e. The van der Waals surface area contributed by atoms with Crippen molar-refractivity contribution in [1.29, 1.82) is 0 Å². The number of ether oxygens (including phenoxy) is 1. The minimum absolute atomic E-state index is 0.108. The molecule has 1 aromatic rings. The molecule has 2 N–H and O–H groups in total. The predicted octanol–water partition coefficient (Wildman–Crippen LogP) is 1.85. The first-order valence-electron chi connectivity index (χ1n) is 7.26. The van der Waals surface area contributed by atoms with E-state index < -0.39 is 12.0 Å². The van der Waals surface area contributed by atoms with Gasteiger partial charge in [0.1, 0.15) is 18.4 Å². The second-order valence-corrected chi connectivity index (χ2v) is 5.53. The lowest BCUT2D eigenvalue weighted by Gasteiger charge is -2.27. The Morgan fingerprint density at radius 2 is 2.14 bits per heavy atom. The Kier molecular flexibility index (Phi) is 4.83. The minimum atomic E-state index is -0.991. The third-order valence-corrected chi connectivity index (χ3v) is 4.03. The number of benzene rings is 1. The Bertz CT molecular complexity index is 529. The zero-order chi connectivity index (χ0) is 15.4. The third-order valence-electron chi connectivity index (χ3n) is 4.03. The molecule has 1 aliphatic rings. The van der Waals surface area contributed by atoms with Gasteiger partial charge < -0.3 is 15.2 Å². The van der Waals surface area contributed by atoms with Gasteiger partial charge in [-0.15, -0.1) is 0 Å². The van der Waals surface area contributed by atoms with E-state index >= 15 is 0 Å². The highest BCUT2D eigenvalue weighted by Crippen LogP contribution is 2.27. The molecule has 3 atom stereocenters. The van der Waals surface area contributed by atoms with E-state index in [2.05, 4.69) is 5.32 Å². The van der Waals surface area contributed by atoms with Crippen LogP contribution in [0.3, 0.4) is 0 Å². The highest BCUT2D eigenvalue weighted by molar-refractivity contribution is 5.85. The van der Waals surface area contributed by atoms with Crippen molar-refractivity contribution in [2.24, 2.45) is 11.8 Å². The molecule has 1 amide bonds. The fourth-order valence-corrected chi connectivity index (χ4v) is 2.45. The molecule has 1 aliphatic heterocycles. The summed E-state index contributed by atoms with van der Waals surface area (Å²) in [4.78, 5) is 23.6. The smallest absolute Gasteiger partial charge is 0.326 e. The highest BCUT2D eigenvalue weighted by Gasteiger charge is 2.31. The van der Waals surface area contributed by atoms with E-state index in [1.807, 2.05) is 38.1 Å². The van der Waals surface area contributed by atoms with E-state index in [1.165, 1.54) is 0 Å². The zero-order valence-electron chi connectivity index (χ0n) is 12.3. The van der Waals surface area contributed by atoms with Gasteiger partial charge in [-0.25, -0.2) is 4.79 Å². The van der Waals surface area contributed by atoms with Gasteiger partial charge >= 0.3 is 5.97 Å². The van der Waals surface area contributed by atoms with Crippen LogP contribution in [0, 0.1) is 11.8 Å². The number of rotatable bonds is 5. The average molecular weight is 291 g/mol. The molecule has 5 heteroatoms. The monoisotopic (exact) mass is 291 g/mol. The van der Waals surface area contributed by atoms with Crippen molar-refractivity contribution in [3.63, 3.8) is 0 Å². The molecule has 0 aliphatic carbocycles. The van der Waals surface area contributed by atoms with Crippen LogP contribution in [0.2, 0.25) is 0 Å². The van der Waals surface area contributed by atoms with Gasteiger partial charge in [0.2, 0.25) is 5.91 Å². The number of carboxylic acids is 1. The lowest BCUT2D eigenvalue weighted by molar-refractivity contribution is -0.144. The van der Waals surface area contributed by atoms with Crippen LogP contribution in [-0.4, -0.2) is 29.6 Å². The number of carboxylic acid groups (broad SMARTS) is 1. The van der Waals surface area contributed by atoms with Gasteiger partial charge in [-0.3, -0.25) is 4.79 Å². The number of hydrogen-bond donors (Lipinski definition) is 2. The topological polar surface area (TPSA) is 75.6 Å². The first-order chi connectivity index (χ1) is 10.0. The van der Waals surface area contributed by atoms with Crippen molar-refractivity contribution in [3.8, 4) is 5.75 Å². The molecule has 114 valence electrons. The number of fused-ring (bicyclic) bond motifs is 1. The number of carbonyl (C=O) groups excluding carboxylic acids is 1. The molecule has 1 aromatic carbocycles. The van der Waals surface area contributed by atoms with Gasteiger partial charge in [-0.2, -0.15) is 0 Å². The molecule has 0 fully saturated rings. The number of amides is 1. The van der Waals surface area contributed by atoms with Gasteiger partial charge in [-0.1, -0.05) is 38.5 Å². The molecule has 0 saturated heterocycles. The van der Waals surface area contributed by atoms with Gasteiger partial charge in [0, 0.05) is 0 Å². The molecule has 21 heavy (non-hydrogen) atoms. The summed E-state index contributed by atoms with van der Waals surface area (Å²) in [6.45, 7) is 4.02. The average Bonchev–Trinajstić information content (AvgIpc) is 2.50. The lowest BCUT2D eigenvalue weighted by Crippen LogP contribution is -2.49. The van der Waals surface area contributed by atoms with Crippen molar-refractivity contribution in [1.82, 2.24) is 5.32 Å². The van der Waals surface area contributed by atoms with Crippen molar-refractivity contribution < 1.29 is 19.4 Å². The number of aliphatic carboxylic acids is 1. The summed E-state index contributed by atoms with van der Waals surface area (Å²) in [6, 6.07) is 6.75. The summed E-state index contributed by atoms with van der Waals surface area (Å²) in [5.41, 5.74) is 0.985. The van der Waals surface area contributed by atoms with Crippen LogP contribution in [0.25, 0.3) is 0 Å². The summed E-state index contributed by atoms with van der Waals surface area (Å²) in [7, 11) is 0. The number of hydrogen-bond acceptors (Lipinski definition) is 3. The molecular formula is C16H21NO4. The fraction of sp³-hybridized carbons (Fsp3) is 0.500. The van der Waals surface area contributed by atoms with E-state index in [9.17, 15) is 14.7 Å². The maximum absolute atomic E-state index is 12.3. The number of carbonyl (C=O) groups is 2. The van der Waals surface area contributed by atoms with Gasteiger partial charge in [0.15, 0.2) is 0 Å². The summed E-state index contributed by atoms with van der Waals surface area (Å²) in [5, 5.41) is 11.9. The minimum Gasteiger partial charge on any atom is -0.492 e.